The number of benzene rings is 2. The van der Waals surface area contributed by atoms with Crippen LogP contribution in [0.4, 0.5) is 4.39 Å². The number of aryl methyl sites for hydroxylation is 1. The summed E-state index contributed by atoms with van der Waals surface area (Å²) in [6.45, 7) is 3.41. The number of pyridine rings is 1. The molecule has 0 aliphatic carbocycles. The van der Waals surface area contributed by atoms with E-state index >= 15 is 0 Å². The predicted molar refractivity (Wildman–Crippen MR) is 143 cm³/mol. The number of hydrogen-bond acceptors (Lipinski definition) is 7. The molecule has 4 atom stereocenters. The van der Waals surface area contributed by atoms with Crippen molar-refractivity contribution in [2.45, 2.75) is 42.1 Å². The number of carbonyl (C=O) groups excluding carboxylic acids is 3. The van der Waals surface area contributed by atoms with Gasteiger partial charge in [0.2, 0.25) is 17.2 Å². The number of carboxylic acids is 1. The van der Waals surface area contributed by atoms with Crippen LogP contribution in [-0.2, 0) is 21.4 Å². The average molecular weight is 569 g/mol. The van der Waals surface area contributed by atoms with E-state index in [0.29, 0.717) is 5.52 Å². The van der Waals surface area contributed by atoms with Gasteiger partial charge in [0.15, 0.2) is 0 Å². The molecule has 13 heteroatoms. The topological polar surface area (TPSA) is 158 Å². The Kier molecular flexibility index (Phi) is 6.57. The Hall–Kier alpha value is -4.39. The second-order valence-electron chi connectivity index (χ2n) is 10.2. The van der Waals surface area contributed by atoms with Gasteiger partial charge in [0.05, 0.1) is 5.52 Å². The molecule has 0 radical (unpaired) electrons. The van der Waals surface area contributed by atoms with Crippen molar-refractivity contribution < 1.29 is 33.8 Å². The monoisotopic (exact) mass is 568 g/mol. The van der Waals surface area contributed by atoms with E-state index in [1.807, 2.05) is 0 Å². The number of phenols is 1. The molecule has 2 fully saturated rings. The second-order valence-corrected chi connectivity index (χ2v) is 12.0. The number of hydrogen-bond donors (Lipinski definition) is 4. The first-order chi connectivity index (χ1) is 18.8. The number of β-lactam (4-membered cyclic amide) rings is 1. The van der Waals surface area contributed by atoms with Crippen molar-refractivity contribution in [2.24, 2.45) is 7.05 Å². The quantitative estimate of drug-likeness (QED) is 0.326. The van der Waals surface area contributed by atoms with Gasteiger partial charge in [-0.1, -0.05) is 12.1 Å². The largest absolute Gasteiger partial charge is 0.508 e. The van der Waals surface area contributed by atoms with Crippen molar-refractivity contribution in [1.82, 2.24) is 20.1 Å². The van der Waals surface area contributed by atoms with Crippen molar-refractivity contribution in [3.63, 3.8) is 0 Å². The van der Waals surface area contributed by atoms with Crippen LogP contribution in [0, 0.1) is 5.82 Å². The maximum atomic E-state index is 13.9. The van der Waals surface area contributed by atoms with Crippen molar-refractivity contribution in [2.75, 3.05) is 0 Å². The van der Waals surface area contributed by atoms with Crippen LogP contribution in [0.15, 0.2) is 53.5 Å². The zero-order chi connectivity index (χ0) is 29.1. The molecule has 3 aromatic rings. The maximum absolute atomic E-state index is 13.9. The zero-order valence-electron chi connectivity index (χ0n) is 21.5. The lowest BCUT2D eigenvalue weighted by Gasteiger charge is -2.44. The Morgan fingerprint density at radius 2 is 1.77 bits per heavy atom. The van der Waals surface area contributed by atoms with E-state index in [9.17, 15) is 38.6 Å². The van der Waals surface area contributed by atoms with E-state index in [1.54, 1.807) is 20.9 Å². The number of amides is 3. The minimum absolute atomic E-state index is 0.0187. The number of rotatable bonds is 6. The van der Waals surface area contributed by atoms with E-state index in [4.69, 9.17) is 0 Å². The molecule has 4 N–H and O–H groups in total. The van der Waals surface area contributed by atoms with Crippen LogP contribution < -0.4 is 16.1 Å². The molecule has 0 unspecified atom stereocenters. The summed E-state index contributed by atoms with van der Waals surface area (Å²) < 4.78 is 14.6. The maximum Gasteiger partial charge on any atom is 0.327 e. The third-order valence-corrected chi connectivity index (χ3v) is 8.70. The summed E-state index contributed by atoms with van der Waals surface area (Å²) in [6.07, 6.45) is 1.28. The van der Waals surface area contributed by atoms with Crippen LogP contribution in [-0.4, -0.2) is 65.6 Å². The van der Waals surface area contributed by atoms with Gasteiger partial charge in [-0.2, -0.15) is 0 Å². The fourth-order valence-electron chi connectivity index (χ4n) is 5.18. The highest BCUT2D eigenvalue weighted by Gasteiger charge is 2.64. The lowest BCUT2D eigenvalue weighted by molar-refractivity contribution is -0.161. The van der Waals surface area contributed by atoms with Crippen LogP contribution in [0.3, 0.4) is 0 Å². The second kappa shape index (κ2) is 9.66. The first-order valence-corrected chi connectivity index (χ1v) is 13.1. The summed E-state index contributed by atoms with van der Waals surface area (Å²) in [6, 6.07) is 5.56. The number of aliphatic carboxylic acids is 1. The van der Waals surface area contributed by atoms with E-state index in [1.165, 1.54) is 63.8 Å². The molecule has 0 saturated carbocycles. The van der Waals surface area contributed by atoms with E-state index in [0.717, 1.165) is 6.07 Å². The van der Waals surface area contributed by atoms with Crippen molar-refractivity contribution in [3.05, 3.63) is 75.8 Å². The average Bonchev–Trinajstić information content (AvgIpc) is 3.16. The number of phenolic OH excluding ortho intramolecular Hbond substituents is 1. The summed E-state index contributed by atoms with van der Waals surface area (Å²) in [5, 5.41) is 23.8. The van der Waals surface area contributed by atoms with Gasteiger partial charge in [-0.3, -0.25) is 19.2 Å². The molecule has 2 saturated heterocycles. The number of nitrogens with zero attached hydrogens (tertiary/aromatic N) is 2. The van der Waals surface area contributed by atoms with Gasteiger partial charge in [0.25, 0.3) is 5.91 Å². The molecule has 208 valence electrons. The Labute approximate surface area is 231 Å². The summed E-state index contributed by atoms with van der Waals surface area (Å²) >= 11 is 1.25. The third-order valence-electron chi connectivity index (χ3n) is 7.13. The Morgan fingerprint density at radius 3 is 2.42 bits per heavy atom. The van der Waals surface area contributed by atoms with E-state index in [-0.39, 0.29) is 22.3 Å². The first-order valence-electron chi connectivity index (χ1n) is 12.2. The van der Waals surface area contributed by atoms with Gasteiger partial charge in [-0.05, 0) is 49.7 Å². The predicted octanol–water partition coefficient (Wildman–Crippen LogP) is 1.49. The fourth-order valence-corrected chi connectivity index (χ4v) is 6.81. The van der Waals surface area contributed by atoms with Crippen LogP contribution in [0.1, 0.15) is 35.8 Å². The highest BCUT2D eigenvalue weighted by Crippen LogP contribution is 2.50. The summed E-state index contributed by atoms with van der Waals surface area (Å²) in [4.78, 5) is 65.8. The number of halogens is 1. The molecule has 3 amide bonds. The molecule has 1 aromatic heterocycles. The normalized spacial score (nSPS) is 21.9. The molecule has 5 rings (SSSR count). The summed E-state index contributed by atoms with van der Waals surface area (Å²) in [5.41, 5.74) is -0.413. The van der Waals surface area contributed by atoms with E-state index < -0.39 is 63.2 Å². The zero-order valence-corrected chi connectivity index (χ0v) is 22.4. The molecule has 2 aliphatic rings. The molecule has 11 nitrogen and oxygen atoms in total. The molecule has 0 spiro atoms. The van der Waals surface area contributed by atoms with E-state index in [2.05, 4.69) is 10.6 Å². The SMILES string of the molecule is Cn1cc(C(=O)N[C@@H](C(=O)N[C@@H]2C(=O)N3[C@@H]2SC(C)(C)[C@@H]3C(=O)O)c2ccc(O)cc2)c(=O)c2cc(F)ccc21. The highest BCUT2D eigenvalue weighted by molar-refractivity contribution is 8.01. The molecule has 0 bridgehead atoms. The number of carboxylic acid groups (broad SMARTS) is 1. The number of aromatic hydroxyl groups is 1. The van der Waals surface area contributed by atoms with Gasteiger partial charge < -0.3 is 30.3 Å². The number of carbonyl (C=O) groups is 4. The fraction of sp³-hybridized carbons (Fsp3) is 0.296. The molecular formula is C27H25FN4O7S. The van der Waals surface area contributed by atoms with Crippen molar-refractivity contribution in [3.8, 4) is 5.75 Å². The first kappa shape index (κ1) is 27.2. The van der Waals surface area contributed by atoms with Crippen LogP contribution in [0.25, 0.3) is 10.9 Å². The molecule has 40 heavy (non-hydrogen) atoms. The molecular weight excluding hydrogens is 543 g/mol. The van der Waals surface area contributed by atoms with Gasteiger partial charge in [-0.25, -0.2) is 9.18 Å². The van der Waals surface area contributed by atoms with Gasteiger partial charge >= 0.3 is 5.97 Å². The van der Waals surface area contributed by atoms with Gasteiger partial charge in [-0.15, -0.1) is 11.8 Å². The lowest BCUT2D eigenvalue weighted by atomic mass is 9.95. The van der Waals surface area contributed by atoms with Gasteiger partial charge in [0.1, 0.15) is 40.6 Å². The van der Waals surface area contributed by atoms with Crippen molar-refractivity contribution in [1.29, 1.82) is 0 Å². The highest BCUT2D eigenvalue weighted by atomic mass is 32.2. The van der Waals surface area contributed by atoms with Crippen LogP contribution in [0.5, 0.6) is 5.75 Å². The minimum atomic E-state index is -1.39. The number of thioether (sulfide) groups is 1. The molecule has 2 aliphatic heterocycles. The summed E-state index contributed by atoms with van der Waals surface area (Å²) in [7, 11) is 1.58. The molecule has 3 heterocycles. The minimum Gasteiger partial charge on any atom is -0.508 e. The smallest absolute Gasteiger partial charge is 0.327 e. The van der Waals surface area contributed by atoms with Crippen LogP contribution >= 0.6 is 11.8 Å². The number of nitrogens with one attached hydrogen (secondary N) is 2. The Balaban J connectivity index is 1.44. The molecule has 2 aromatic carbocycles. The number of fused-ring (bicyclic) bond motifs is 2. The Morgan fingerprint density at radius 1 is 1.10 bits per heavy atom. The number of aromatic nitrogens is 1. The summed E-state index contributed by atoms with van der Waals surface area (Å²) in [5.74, 6) is -4.15. The van der Waals surface area contributed by atoms with Crippen LogP contribution in [0.2, 0.25) is 0 Å². The standard InChI is InChI=1S/C27H25FN4O7S/c1-27(2)21(26(38)39)32-24(37)19(25(32)40-27)30-23(36)18(12-4-7-14(33)8-5-12)29-22(35)16-11-31(3)17-9-6-13(28)10-15(17)20(16)34/h4-11,18-19,21,25,33H,1-3H3,(H,29,35)(H,30,36)(H,38,39)/t18-,19-,21+,25-/m1/s1. The van der Waals surface area contributed by atoms with Gasteiger partial charge in [0, 0.05) is 23.4 Å². The lowest BCUT2D eigenvalue weighted by Crippen LogP contribution is -2.71. The Bertz CT molecular complexity index is 1640. The van der Waals surface area contributed by atoms with Crippen molar-refractivity contribution >= 4 is 46.4 Å². The third kappa shape index (κ3) is 4.45.